The molecule has 7 nitrogen and oxygen atoms in total. The summed E-state index contributed by atoms with van der Waals surface area (Å²) in [6.07, 6.45) is -0.132. The molecule has 82 valence electrons. The number of nitrogens with one attached hydrogen (secondary N) is 1. The van der Waals surface area contributed by atoms with E-state index in [1.807, 2.05) is 0 Å². The molecule has 0 radical (unpaired) electrons. The maximum absolute atomic E-state index is 9.36. The highest BCUT2D eigenvalue weighted by molar-refractivity contribution is 5.83. The van der Waals surface area contributed by atoms with Gasteiger partial charge in [0.15, 0.2) is 17.3 Å². The van der Waals surface area contributed by atoms with Crippen LogP contribution in [0, 0.1) is 0 Å². The van der Waals surface area contributed by atoms with E-state index in [1.165, 1.54) is 6.07 Å². The molecule has 1 aromatic rings. The highest BCUT2D eigenvalue weighted by Gasteiger charge is 2.12. The van der Waals surface area contributed by atoms with E-state index in [-0.39, 0.29) is 17.8 Å². The monoisotopic (exact) mass is 214 g/mol. The summed E-state index contributed by atoms with van der Waals surface area (Å²) in [7, 11) is 0. The fraction of sp³-hybridized carbons (Fsp3) is 0.125. The van der Waals surface area contributed by atoms with Crippen molar-refractivity contribution in [1.82, 2.24) is 5.48 Å². The van der Waals surface area contributed by atoms with Crippen LogP contribution in [-0.2, 0) is 6.42 Å². The van der Waals surface area contributed by atoms with Crippen LogP contribution in [0.25, 0.3) is 0 Å². The minimum Gasteiger partial charge on any atom is -0.504 e. The SMILES string of the molecule is ON=C(Cc1ccc(O)c(O)c1O)NO. The van der Waals surface area contributed by atoms with Gasteiger partial charge in [-0.2, -0.15) is 0 Å². The lowest BCUT2D eigenvalue weighted by Crippen LogP contribution is -2.21. The summed E-state index contributed by atoms with van der Waals surface area (Å²) in [4.78, 5) is 0. The molecule has 6 N–H and O–H groups in total. The van der Waals surface area contributed by atoms with Gasteiger partial charge in [0.2, 0.25) is 5.75 Å². The number of rotatable bonds is 2. The van der Waals surface area contributed by atoms with E-state index in [0.717, 1.165) is 6.07 Å². The van der Waals surface area contributed by atoms with E-state index in [0.29, 0.717) is 0 Å². The lowest BCUT2D eigenvalue weighted by molar-refractivity contribution is 0.220. The zero-order valence-corrected chi connectivity index (χ0v) is 7.55. The Kier molecular flexibility index (Phi) is 3.19. The van der Waals surface area contributed by atoms with Gasteiger partial charge in [-0.1, -0.05) is 11.2 Å². The van der Waals surface area contributed by atoms with E-state index >= 15 is 0 Å². The average molecular weight is 214 g/mol. The van der Waals surface area contributed by atoms with Gasteiger partial charge in [0.05, 0.1) is 0 Å². The third-order valence-corrected chi connectivity index (χ3v) is 1.82. The molecule has 7 heteroatoms. The lowest BCUT2D eigenvalue weighted by Gasteiger charge is -2.07. The van der Waals surface area contributed by atoms with E-state index in [9.17, 15) is 5.11 Å². The number of amidine groups is 1. The van der Waals surface area contributed by atoms with Crippen LogP contribution >= 0.6 is 0 Å². The first-order chi connectivity index (χ1) is 7.10. The second-order valence-electron chi connectivity index (χ2n) is 2.78. The van der Waals surface area contributed by atoms with Crippen molar-refractivity contribution in [3.8, 4) is 17.2 Å². The predicted molar refractivity (Wildman–Crippen MR) is 49.3 cm³/mol. The van der Waals surface area contributed by atoms with Crippen LogP contribution < -0.4 is 5.48 Å². The molecule has 0 heterocycles. The second-order valence-corrected chi connectivity index (χ2v) is 2.78. The van der Waals surface area contributed by atoms with Crippen molar-refractivity contribution in [3.05, 3.63) is 17.7 Å². The number of benzene rings is 1. The molecule has 0 bridgehead atoms. The number of hydrogen-bond acceptors (Lipinski definition) is 6. The summed E-state index contributed by atoms with van der Waals surface area (Å²) >= 11 is 0. The third-order valence-electron chi connectivity index (χ3n) is 1.82. The summed E-state index contributed by atoms with van der Waals surface area (Å²) in [6, 6.07) is 2.48. The summed E-state index contributed by atoms with van der Waals surface area (Å²) in [5.41, 5.74) is 1.79. The van der Waals surface area contributed by atoms with E-state index < -0.39 is 17.2 Å². The highest BCUT2D eigenvalue weighted by Crippen LogP contribution is 2.37. The topological polar surface area (TPSA) is 126 Å². The van der Waals surface area contributed by atoms with Crippen molar-refractivity contribution in [2.45, 2.75) is 6.42 Å². The molecule has 0 spiro atoms. The zero-order valence-electron chi connectivity index (χ0n) is 7.55. The van der Waals surface area contributed by atoms with E-state index in [1.54, 1.807) is 5.48 Å². The smallest absolute Gasteiger partial charge is 0.200 e. The number of oxime groups is 1. The molecular weight excluding hydrogens is 204 g/mol. The minimum absolute atomic E-state index is 0.132. The Labute approximate surface area is 84.5 Å². The van der Waals surface area contributed by atoms with Crippen LogP contribution in [0.3, 0.4) is 0 Å². The minimum atomic E-state index is -0.664. The number of hydrogen-bond donors (Lipinski definition) is 6. The van der Waals surface area contributed by atoms with Gasteiger partial charge in [0.1, 0.15) is 0 Å². The maximum Gasteiger partial charge on any atom is 0.200 e. The maximum atomic E-state index is 9.36. The van der Waals surface area contributed by atoms with E-state index in [2.05, 4.69) is 5.16 Å². The van der Waals surface area contributed by atoms with Gasteiger partial charge in [-0.05, 0) is 6.07 Å². The van der Waals surface area contributed by atoms with E-state index in [4.69, 9.17) is 20.6 Å². The summed E-state index contributed by atoms with van der Waals surface area (Å²) < 4.78 is 0. The molecule has 0 amide bonds. The van der Waals surface area contributed by atoms with Crippen LogP contribution in [0.1, 0.15) is 5.56 Å². The van der Waals surface area contributed by atoms with Gasteiger partial charge < -0.3 is 20.5 Å². The van der Waals surface area contributed by atoms with Crippen molar-refractivity contribution >= 4 is 5.84 Å². The molecule has 1 aromatic carbocycles. The summed E-state index contributed by atoms with van der Waals surface area (Å²) in [5, 5.41) is 47.1. The number of nitrogens with zero attached hydrogens (tertiary/aromatic N) is 1. The zero-order chi connectivity index (χ0) is 11.4. The molecular formula is C8H10N2O5. The number of phenolic OH excluding ortho intramolecular Hbond substituents is 3. The van der Waals surface area contributed by atoms with Crippen molar-refractivity contribution in [2.24, 2.45) is 5.16 Å². The quantitative estimate of drug-likeness (QED) is 0.136. The molecule has 15 heavy (non-hydrogen) atoms. The summed E-state index contributed by atoms with van der Waals surface area (Å²) in [5.74, 6) is -1.87. The van der Waals surface area contributed by atoms with Gasteiger partial charge in [-0.3, -0.25) is 10.7 Å². The third kappa shape index (κ3) is 2.20. The molecule has 0 saturated heterocycles. The van der Waals surface area contributed by atoms with Crippen molar-refractivity contribution in [1.29, 1.82) is 0 Å². The lowest BCUT2D eigenvalue weighted by atomic mass is 10.1. The van der Waals surface area contributed by atoms with Gasteiger partial charge in [-0.25, -0.2) is 0 Å². The Morgan fingerprint density at radius 1 is 1.20 bits per heavy atom. The molecule has 1 rings (SSSR count). The second kappa shape index (κ2) is 4.38. The predicted octanol–water partition coefficient (Wildman–Crippen LogP) is 0.112. The molecule has 0 aliphatic rings. The van der Waals surface area contributed by atoms with Crippen LogP contribution in [0.2, 0.25) is 0 Å². The molecule has 0 fully saturated rings. The number of aromatic hydroxyl groups is 3. The van der Waals surface area contributed by atoms with Crippen LogP contribution in [0.5, 0.6) is 17.2 Å². The van der Waals surface area contributed by atoms with Gasteiger partial charge in [0, 0.05) is 12.0 Å². The highest BCUT2D eigenvalue weighted by atomic mass is 16.5. The fourth-order valence-electron chi connectivity index (χ4n) is 1.03. The molecule has 0 saturated carbocycles. The first-order valence-corrected chi connectivity index (χ1v) is 3.94. The van der Waals surface area contributed by atoms with Gasteiger partial charge in [0.25, 0.3) is 0 Å². The van der Waals surface area contributed by atoms with Crippen LogP contribution in [0.4, 0.5) is 0 Å². The number of phenols is 3. The van der Waals surface area contributed by atoms with Crippen molar-refractivity contribution in [3.63, 3.8) is 0 Å². The van der Waals surface area contributed by atoms with Gasteiger partial charge >= 0.3 is 0 Å². The molecule has 0 aromatic heterocycles. The van der Waals surface area contributed by atoms with Gasteiger partial charge in [-0.15, -0.1) is 0 Å². The van der Waals surface area contributed by atoms with Crippen LogP contribution in [0.15, 0.2) is 17.3 Å². The average Bonchev–Trinajstić information content (AvgIpc) is 2.25. The summed E-state index contributed by atoms with van der Waals surface area (Å²) in [6.45, 7) is 0. The molecule has 0 aliphatic heterocycles. The molecule has 0 unspecified atom stereocenters. The first-order valence-electron chi connectivity index (χ1n) is 3.94. The Bertz CT molecular complexity index is 391. The van der Waals surface area contributed by atoms with Crippen LogP contribution in [-0.4, -0.2) is 31.6 Å². The molecule has 0 aliphatic carbocycles. The Hall–Kier alpha value is -2.15. The Morgan fingerprint density at radius 2 is 1.87 bits per heavy atom. The molecule has 0 atom stereocenters. The largest absolute Gasteiger partial charge is 0.504 e. The number of hydroxylamine groups is 1. The Balaban J connectivity index is 3.01. The first kappa shape index (κ1) is 10.9. The normalized spacial score (nSPS) is 11.4. The Morgan fingerprint density at radius 3 is 2.40 bits per heavy atom. The van der Waals surface area contributed by atoms with Crippen molar-refractivity contribution < 1.29 is 25.7 Å². The standard InChI is InChI=1S/C8H10N2O5/c11-5-2-1-4(7(12)8(5)13)3-6(9-14)10-15/h1-2,11-15H,3H2,(H,9,10). The van der Waals surface area contributed by atoms with Crippen molar-refractivity contribution in [2.75, 3.05) is 0 Å². The fourth-order valence-corrected chi connectivity index (χ4v) is 1.03.